The van der Waals surface area contributed by atoms with E-state index in [0.717, 1.165) is 24.2 Å². The Morgan fingerprint density at radius 2 is 2.06 bits per heavy atom. The monoisotopic (exact) mass is 249 g/mol. The molecule has 98 valence electrons. The molecule has 2 aliphatic heterocycles. The molecule has 0 radical (unpaired) electrons. The van der Waals surface area contributed by atoms with E-state index in [1.165, 1.54) is 0 Å². The zero-order chi connectivity index (χ0) is 12.6. The zero-order valence-corrected chi connectivity index (χ0v) is 10.8. The predicted molar refractivity (Wildman–Crippen MR) is 69.6 cm³/mol. The Balaban J connectivity index is 1.86. The lowest BCUT2D eigenvalue weighted by Crippen LogP contribution is -2.44. The van der Waals surface area contributed by atoms with Gasteiger partial charge in [0.05, 0.1) is 6.61 Å². The summed E-state index contributed by atoms with van der Waals surface area (Å²) in [5.74, 6) is 0.776. The highest BCUT2D eigenvalue weighted by atomic mass is 19.1. The van der Waals surface area contributed by atoms with Crippen LogP contribution < -0.4 is 10.1 Å². The number of halogens is 1. The largest absolute Gasteiger partial charge is 0.494 e. The maximum atomic E-state index is 15.2. The number of alkyl halides is 1. The fraction of sp³-hybridized carbons (Fsp3) is 0.600. The van der Waals surface area contributed by atoms with Gasteiger partial charge >= 0.3 is 0 Å². The standard InChI is InChI=1S/C15H20FNO/c1-2-18-14-5-3-4-11(8-14)15(16)9-12-6-7-13(10-15)17-12/h3-5,8,12-13,17H,2,6-7,9-10H2,1H3. The molecule has 2 nitrogen and oxygen atoms in total. The lowest BCUT2D eigenvalue weighted by atomic mass is 9.83. The zero-order valence-electron chi connectivity index (χ0n) is 10.8. The molecule has 0 aromatic heterocycles. The van der Waals surface area contributed by atoms with Crippen molar-refractivity contribution in [1.82, 2.24) is 5.32 Å². The van der Waals surface area contributed by atoms with E-state index in [9.17, 15) is 0 Å². The molecule has 1 aromatic rings. The van der Waals surface area contributed by atoms with Crippen LogP contribution in [0.25, 0.3) is 0 Å². The summed E-state index contributed by atoms with van der Waals surface area (Å²) in [6.45, 7) is 2.57. The first-order valence-corrected chi connectivity index (χ1v) is 6.88. The van der Waals surface area contributed by atoms with Crippen molar-refractivity contribution in [2.24, 2.45) is 0 Å². The van der Waals surface area contributed by atoms with Crippen LogP contribution >= 0.6 is 0 Å². The molecule has 2 fully saturated rings. The minimum atomic E-state index is -1.18. The Hall–Kier alpha value is -1.09. The summed E-state index contributed by atoms with van der Waals surface area (Å²) >= 11 is 0. The summed E-state index contributed by atoms with van der Waals surface area (Å²) in [5, 5.41) is 3.48. The molecule has 1 aromatic carbocycles. The van der Waals surface area contributed by atoms with Crippen LogP contribution in [-0.2, 0) is 5.67 Å². The average Bonchev–Trinajstić information content (AvgIpc) is 2.70. The van der Waals surface area contributed by atoms with Gasteiger partial charge in [0.15, 0.2) is 0 Å². The van der Waals surface area contributed by atoms with Crippen LogP contribution in [0.4, 0.5) is 4.39 Å². The van der Waals surface area contributed by atoms with Crippen molar-refractivity contribution in [1.29, 1.82) is 0 Å². The second-order valence-electron chi connectivity index (χ2n) is 5.47. The Labute approximate surface area is 108 Å². The minimum Gasteiger partial charge on any atom is -0.494 e. The van der Waals surface area contributed by atoms with Crippen LogP contribution in [0, 0.1) is 0 Å². The second-order valence-corrected chi connectivity index (χ2v) is 5.47. The molecule has 18 heavy (non-hydrogen) atoms. The lowest BCUT2D eigenvalue weighted by Gasteiger charge is -2.35. The third kappa shape index (κ3) is 2.12. The van der Waals surface area contributed by atoms with E-state index in [1.54, 1.807) is 0 Å². The summed E-state index contributed by atoms with van der Waals surface area (Å²) in [4.78, 5) is 0. The summed E-state index contributed by atoms with van der Waals surface area (Å²) in [6.07, 6.45) is 3.42. The molecule has 1 N–H and O–H groups in total. The Bertz CT molecular complexity index is 422. The number of nitrogens with one attached hydrogen (secondary N) is 1. The van der Waals surface area contributed by atoms with E-state index in [0.29, 0.717) is 31.5 Å². The molecular weight excluding hydrogens is 229 g/mol. The van der Waals surface area contributed by atoms with E-state index >= 15 is 4.39 Å². The summed E-state index contributed by atoms with van der Waals surface area (Å²) in [5.41, 5.74) is -0.392. The fourth-order valence-electron chi connectivity index (χ4n) is 3.36. The third-order valence-corrected chi connectivity index (χ3v) is 4.14. The SMILES string of the molecule is CCOc1cccc(C2(F)CC3CCC(C2)N3)c1. The lowest BCUT2D eigenvalue weighted by molar-refractivity contribution is 0.0870. The quantitative estimate of drug-likeness (QED) is 0.888. The van der Waals surface area contributed by atoms with Crippen LogP contribution in [0.3, 0.4) is 0 Å². The van der Waals surface area contributed by atoms with Crippen LogP contribution in [-0.4, -0.2) is 18.7 Å². The first-order valence-electron chi connectivity index (χ1n) is 6.88. The van der Waals surface area contributed by atoms with Crippen molar-refractivity contribution >= 4 is 0 Å². The van der Waals surface area contributed by atoms with Gasteiger partial charge in [0.1, 0.15) is 11.4 Å². The van der Waals surface area contributed by atoms with Gasteiger partial charge in [-0.1, -0.05) is 12.1 Å². The van der Waals surface area contributed by atoms with Crippen molar-refractivity contribution in [2.45, 2.75) is 50.4 Å². The highest BCUT2D eigenvalue weighted by molar-refractivity contribution is 5.33. The number of hydrogen-bond acceptors (Lipinski definition) is 2. The predicted octanol–water partition coefficient (Wildman–Crippen LogP) is 3.16. The average molecular weight is 249 g/mol. The second kappa shape index (κ2) is 4.54. The molecule has 2 bridgehead atoms. The molecular formula is C15H20FNO. The minimum absolute atomic E-state index is 0.351. The molecule has 3 rings (SSSR count). The van der Waals surface area contributed by atoms with Crippen LogP contribution in [0.2, 0.25) is 0 Å². The van der Waals surface area contributed by atoms with E-state index in [-0.39, 0.29) is 0 Å². The Morgan fingerprint density at radius 1 is 1.33 bits per heavy atom. The number of hydrogen-bond donors (Lipinski definition) is 1. The van der Waals surface area contributed by atoms with Crippen molar-refractivity contribution in [2.75, 3.05) is 6.61 Å². The van der Waals surface area contributed by atoms with Crippen molar-refractivity contribution in [3.05, 3.63) is 29.8 Å². The van der Waals surface area contributed by atoms with Crippen LogP contribution in [0.15, 0.2) is 24.3 Å². The Morgan fingerprint density at radius 3 is 2.72 bits per heavy atom. The molecule has 2 saturated heterocycles. The maximum Gasteiger partial charge on any atom is 0.139 e. The Kier molecular flexibility index (Phi) is 3.02. The summed E-state index contributed by atoms with van der Waals surface area (Å²) in [6, 6.07) is 8.26. The van der Waals surface area contributed by atoms with Crippen molar-refractivity contribution in [3.8, 4) is 5.75 Å². The first kappa shape index (κ1) is 12.0. The molecule has 2 heterocycles. The number of piperidine rings is 1. The normalized spacial score (nSPS) is 34.6. The van der Waals surface area contributed by atoms with Crippen molar-refractivity contribution < 1.29 is 9.13 Å². The molecule has 0 saturated carbocycles. The number of rotatable bonds is 3. The van der Waals surface area contributed by atoms with E-state index in [2.05, 4.69) is 5.32 Å². The van der Waals surface area contributed by atoms with Gasteiger partial charge in [-0.25, -0.2) is 4.39 Å². The topological polar surface area (TPSA) is 21.3 Å². The van der Waals surface area contributed by atoms with Gasteiger partial charge in [-0.2, -0.15) is 0 Å². The van der Waals surface area contributed by atoms with Gasteiger partial charge < -0.3 is 10.1 Å². The van der Waals surface area contributed by atoms with Gasteiger partial charge in [-0.05, 0) is 37.5 Å². The highest BCUT2D eigenvalue weighted by Gasteiger charge is 2.45. The summed E-state index contributed by atoms with van der Waals surface area (Å²) < 4.78 is 20.6. The van der Waals surface area contributed by atoms with Gasteiger partial charge in [-0.3, -0.25) is 0 Å². The number of ether oxygens (including phenoxy) is 1. The van der Waals surface area contributed by atoms with Gasteiger partial charge in [0, 0.05) is 24.9 Å². The molecule has 2 atom stereocenters. The van der Waals surface area contributed by atoms with Gasteiger partial charge in [0.25, 0.3) is 0 Å². The van der Waals surface area contributed by atoms with E-state index < -0.39 is 5.67 Å². The number of benzene rings is 1. The van der Waals surface area contributed by atoms with Gasteiger partial charge in [-0.15, -0.1) is 0 Å². The molecule has 3 heteroatoms. The van der Waals surface area contributed by atoms with E-state index in [4.69, 9.17) is 4.74 Å². The fourth-order valence-corrected chi connectivity index (χ4v) is 3.36. The number of fused-ring (bicyclic) bond motifs is 2. The van der Waals surface area contributed by atoms with Gasteiger partial charge in [0.2, 0.25) is 0 Å². The molecule has 0 amide bonds. The first-order chi connectivity index (χ1) is 8.69. The molecule has 2 unspecified atom stereocenters. The van der Waals surface area contributed by atoms with Crippen molar-refractivity contribution in [3.63, 3.8) is 0 Å². The smallest absolute Gasteiger partial charge is 0.139 e. The van der Waals surface area contributed by atoms with Crippen LogP contribution in [0.1, 0.15) is 38.2 Å². The molecule has 0 spiro atoms. The molecule has 0 aliphatic carbocycles. The third-order valence-electron chi connectivity index (χ3n) is 4.14. The molecule has 2 aliphatic rings. The summed E-state index contributed by atoms with van der Waals surface area (Å²) in [7, 11) is 0. The van der Waals surface area contributed by atoms with Crippen LogP contribution in [0.5, 0.6) is 5.75 Å². The van der Waals surface area contributed by atoms with E-state index in [1.807, 2.05) is 31.2 Å². The maximum absolute atomic E-state index is 15.2. The highest BCUT2D eigenvalue weighted by Crippen LogP contribution is 2.44.